The summed E-state index contributed by atoms with van der Waals surface area (Å²) in [5.41, 5.74) is 0.452. The van der Waals surface area contributed by atoms with Gasteiger partial charge in [0.05, 0.1) is 25.7 Å². The van der Waals surface area contributed by atoms with Crippen LogP contribution in [0.2, 0.25) is 0 Å². The lowest BCUT2D eigenvalue weighted by Gasteiger charge is -2.37. The Bertz CT molecular complexity index is 595. The molecule has 1 aromatic rings. The van der Waals surface area contributed by atoms with Gasteiger partial charge in [0.15, 0.2) is 21.3 Å². The van der Waals surface area contributed by atoms with Crippen molar-refractivity contribution in [3.63, 3.8) is 0 Å². The Balaban J connectivity index is 2.36. The fourth-order valence-corrected chi connectivity index (χ4v) is 4.75. The van der Waals surface area contributed by atoms with Gasteiger partial charge in [-0.2, -0.15) is 0 Å². The minimum Gasteiger partial charge on any atom is -0.493 e. The first kappa shape index (κ1) is 15.1. The average Bonchev–Trinajstić information content (AvgIpc) is 2.34. The number of hydrogen-bond donors (Lipinski definition) is 1. The smallest absolute Gasteiger partial charge is 0.161 e. The summed E-state index contributed by atoms with van der Waals surface area (Å²) in [6, 6.07) is 5.26. The number of methoxy groups -OCH3 is 2. The number of ether oxygens (including phenoxy) is 2. The van der Waals surface area contributed by atoms with Gasteiger partial charge in [0.2, 0.25) is 0 Å². The summed E-state index contributed by atoms with van der Waals surface area (Å²) in [7, 11) is 0.0819. The van der Waals surface area contributed by atoms with Crippen LogP contribution in [0.5, 0.6) is 11.5 Å². The third-order valence-corrected chi connectivity index (χ3v) is 5.38. The Morgan fingerprint density at radius 3 is 2.40 bits per heavy atom. The van der Waals surface area contributed by atoms with Crippen LogP contribution < -0.4 is 14.8 Å². The van der Waals surface area contributed by atoms with E-state index < -0.39 is 15.4 Å². The number of nitrogens with one attached hydrogen (secondary N) is 1. The molecule has 1 fully saturated rings. The second-order valence-electron chi connectivity index (χ2n) is 5.75. The molecule has 6 heteroatoms. The molecule has 5 nitrogen and oxygen atoms in total. The van der Waals surface area contributed by atoms with Gasteiger partial charge in [-0.1, -0.05) is 6.07 Å². The molecule has 0 spiro atoms. The van der Waals surface area contributed by atoms with E-state index in [2.05, 4.69) is 5.32 Å². The molecule has 20 heavy (non-hydrogen) atoms. The standard InChI is InChI=1S/C14H21NO4S/c1-14(2)9-20(16,17)8-11(15-14)10-5-6-12(18-3)13(7-10)19-4/h5-7,11,15H,8-9H2,1-4H3. The van der Waals surface area contributed by atoms with Crippen LogP contribution >= 0.6 is 0 Å². The molecule has 1 N–H and O–H groups in total. The Morgan fingerprint density at radius 1 is 1.20 bits per heavy atom. The van der Waals surface area contributed by atoms with Gasteiger partial charge in [-0.05, 0) is 31.5 Å². The van der Waals surface area contributed by atoms with E-state index >= 15 is 0 Å². The van der Waals surface area contributed by atoms with Crippen LogP contribution in [-0.2, 0) is 9.84 Å². The van der Waals surface area contributed by atoms with Crippen molar-refractivity contribution in [2.24, 2.45) is 0 Å². The Kier molecular flexibility index (Phi) is 3.97. The van der Waals surface area contributed by atoms with Gasteiger partial charge in [-0.3, -0.25) is 0 Å². The highest BCUT2D eigenvalue weighted by atomic mass is 32.2. The van der Waals surface area contributed by atoms with E-state index in [9.17, 15) is 8.42 Å². The quantitative estimate of drug-likeness (QED) is 0.917. The van der Waals surface area contributed by atoms with Crippen LogP contribution in [0.1, 0.15) is 25.5 Å². The molecule has 1 aliphatic heterocycles. The van der Waals surface area contributed by atoms with Crippen LogP contribution in [0, 0.1) is 0 Å². The molecule has 112 valence electrons. The van der Waals surface area contributed by atoms with Crippen LogP contribution in [0.25, 0.3) is 0 Å². The molecule has 0 bridgehead atoms. The van der Waals surface area contributed by atoms with Gasteiger partial charge in [0, 0.05) is 11.6 Å². The van der Waals surface area contributed by atoms with E-state index in [1.54, 1.807) is 20.3 Å². The minimum absolute atomic E-state index is 0.103. The molecule has 1 saturated heterocycles. The number of benzene rings is 1. The zero-order valence-electron chi connectivity index (χ0n) is 12.3. The van der Waals surface area contributed by atoms with E-state index in [4.69, 9.17) is 9.47 Å². The topological polar surface area (TPSA) is 64.6 Å². The second-order valence-corrected chi connectivity index (χ2v) is 7.86. The molecular weight excluding hydrogens is 278 g/mol. The lowest BCUT2D eigenvalue weighted by molar-refractivity contribution is 0.347. The lowest BCUT2D eigenvalue weighted by Crippen LogP contribution is -2.54. The molecule has 0 aromatic heterocycles. The highest BCUT2D eigenvalue weighted by molar-refractivity contribution is 7.91. The highest BCUT2D eigenvalue weighted by Crippen LogP contribution is 2.32. The zero-order chi connectivity index (χ0) is 15.0. The van der Waals surface area contributed by atoms with Crippen molar-refractivity contribution in [1.82, 2.24) is 5.32 Å². The van der Waals surface area contributed by atoms with Gasteiger partial charge in [0.25, 0.3) is 0 Å². The van der Waals surface area contributed by atoms with Crippen molar-refractivity contribution in [3.8, 4) is 11.5 Å². The van der Waals surface area contributed by atoms with Gasteiger partial charge < -0.3 is 14.8 Å². The third kappa shape index (κ3) is 3.24. The molecule has 1 aliphatic rings. The molecule has 1 heterocycles. The Labute approximate surface area is 120 Å². The van der Waals surface area contributed by atoms with Gasteiger partial charge in [-0.25, -0.2) is 8.42 Å². The average molecular weight is 299 g/mol. The number of rotatable bonds is 3. The van der Waals surface area contributed by atoms with Crippen LogP contribution in [0.15, 0.2) is 18.2 Å². The van der Waals surface area contributed by atoms with Crippen molar-refractivity contribution < 1.29 is 17.9 Å². The molecule has 0 aliphatic carbocycles. The van der Waals surface area contributed by atoms with Gasteiger partial charge in [0.1, 0.15) is 0 Å². The Hall–Kier alpha value is -1.27. The number of sulfone groups is 1. The van der Waals surface area contributed by atoms with E-state index in [0.29, 0.717) is 11.5 Å². The van der Waals surface area contributed by atoms with Crippen LogP contribution in [0.3, 0.4) is 0 Å². The molecule has 1 atom stereocenters. The van der Waals surface area contributed by atoms with Crippen molar-refractivity contribution >= 4 is 9.84 Å². The maximum atomic E-state index is 12.0. The van der Waals surface area contributed by atoms with Crippen molar-refractivity contribution in [2.45, 2.75) is 25.4 Å². The van der Waals surface area contributed by atoms with Crippen molar-refractivity contribution in [2.75, 3.05) is 25.7 Å². The molecular formula is C14H21NO4S. The normalized spacial score (nSPS) is 24.1. The van der Waals surface area contributed by atoms with Crippen molar-refractivity contribution in [3.05, 3.63) is 23.8 Å². The van der Waals surface area contributed by atoms with E-state index in [1.165, 1.54) is 0 Å². The van der Waals surface area contributed by atoms with Crippen molar-refractivity contribution in [1.29, 1.82) is 0 Å². The summed E-state index contributed by atoms with van der Waals surface area (Å²) < 4.78 is 34.5. The van der Waals surface area contributed by atoms with Crippen LogP contribution in [-0.4, -0.2) is 39.7 Å². The summed E-state index contributed by atoms with van der Waals surface area (Å²) >= 11 is 0. The predicted molar refractivity (Wildman–Crippen MR) is 78.2 cm³/mol. The fraction of sp³-hybridized carbons (Fsp3) is 0.571. The summed E-state index contributed by atoms with van der Waals surface area (Å²) in [5, 5.41) is 3.38. The summed E-state index contributed by atoms with van der Waals surface area (Å²) in [4.78, 5) is 0. The SMILES string of the molecule is COc1ccc(C2CS(=O)(=O)CC(C)(C)N2)cc1OC. The maximum Gasteiger partial charge on any atom is 0.161 e. The Morgan fingerprint density at radius 2 is 1.85 bits per heavy atom. The first-order chi connectivity index (χ1) is 9.26. The molecule has 2 rings (SSSR count). The minimum atomic E-state index is -3.06. The first-order valence-electron chi connectivity index (χ1n) is 6.46. The highest BCUT2D eigenvalue weighted by Gasteiger charge is 2.37. The van der Waals surface area contributed by atoms with Crippen LogP contribution in [0.4, 0.5) is 0 Å². The second kappa shape index (κ2) is 5.26. The molecule has 0 saturated carbocycles. The number of hydrogen-bond acceptors (Lipinski definition) is 5. The van der Waals surface area contributed by atoms with E-state index in [1.807, 2.05) is 26.0 Å². The molecule has 0 radical (unpaired) electrons. The monoisotopic (exact) mass is 299 g/mol. The van der Waals surface area contributed by atoms with Gasteiger partial charge in [-0.15, -0.1) is 0 Å². The predicted octanol–water partition coefficient (Wildman–Crippen LogP) is 1.54. The third-order valence-electron chi connectivity index (χ3n) is 3.38. The van der Waals surface area contributed by atoms with E-state index in [-0.39, 0.29) is 17.5 Å². The van der Waals surface area contributed by atoms with E-state index in [0.717, 1.165) is 5.56 Å². The fourth-order valence-electron chi connectivity index (χ4n) is 2.67. The van der Waals surface area contributed by atoms with Gasteiger partial charge >= 0.3 is 0 Å². The summed E-state index contributed by atoms with van der Waals surface area (Å²) in [5.74, 6) is 1.50. The zero-order valence-corrected chi connectivity index (χ0v) is 13.1. The summed E-state index contributed by atoms with van der Waals surface area (Å²) in [6.45, 7) is 3.80. The molecule has 1 unspecified atom stereocenters. The largest absolute Gasteiger partial charge is 0.493 e. The summed E-state index contributed by atoms with van der Waals surface area (Å²) in [6.07, 6.45) is 0. The first-order valence-corrected chi connectivity index (χ1v) is 8.28. The molecule has 0 amide bonds. The molecule has 1 aromatic carbocycles. The maximum absolute atomic E-state index is 12.0. The lowest BCUT2D eigenvalue weighted by atomic mass is 10.0.